The van der Waals surface area contributed by atoms with Crippen LogP contribution in [0.2, 0.25) is 0 Å². The van der Waals surface area contributed by atoms with Crippen molar-refractivity contribution < 1.29 is 0 Å². The molecule has 3 aromatic carbocycles. The third-order valence-electron chi connectivity index (χ3n) is 4.88. The molecule has 3 aromatic heterocycles. The zero-order valence-corrected chi connectivity index (χ0v) is 11.3. The molecule has 1 nitrogen and oxygen atoms in total. The van der Waals surface area contributed by atoms with Crippen LogP contribution in [0.4, 0.5) is 0 Å². The van der Waals surface area contributed by atoms with Gasteiger partial charge in [-0.1, -0.05) is 42.5 Å². The fourth-order valence-electron chi connectivity index (χ4n) is 4.11. The Hall–Kier alpha value is -2.80. The van der Waals surface area contributed by atoms with Crippen LogP contribution in [0, 0.1) is 0 Å². The summed E-state index contributed by atoms with van der Waals surface area (Å²) >= 11 is 0. The highest BCUT2D eigenvalue weighted by Gasteiger charge is 2.19. The zero-order valence-electron chi connectivity index (χ0n) is 11.3. The van der Waals surface area contributed by atoms with Crippen LogP contribution in [0.1, 0.15) is 0 Å². The summed E-state index contributed by atoms with van der Waals surface area (Å²) in [5, 5.41) is 8.33. The highest BCUT2D eigenvalue weighted by molar-refractivity contribution is 6.37. The molecule has 0 bridgehead atoms. The van der Waals surface area contributed by atoms with Crippen LogP contribution in [-0.2, 0) is 0 Å². The fourth-order valence-corrected chi connectivity index (χ4v) is 4.11. The molecule has 6 aromatic rings. The lowest BCUT2D eigenvalue weighted by Crippen LogP contribution is -1.80. The van der Waals surface area contributed by atoms with Crippen molar-refractivity contribution >= 4 is 48.9 Å². The number of aromatic nitrogens is 1. The minimum absolute atomic E-state index is 1.28. The van der Waals surface area contributed by atoms with Gasteiger partial charge in [-0.15, -0.1) is 0 Å². The molecular formula is C20H11N. The molecule has 0 unspecified atom stereocenters. The second-order valence-electron chi connectivity index (χ2n) is 5.85. The summed E-state index contributed by atoms with van der Waals surface area (Å²) in [5.74, 6) is 0. The van der Waals surface area contributed by atoms with E-state index in [-0.39, 0.29) is 0 Å². The lowest BCUT2D eigenvalue weighted by atomic mass is 10.1. The van der Waals surface area contributed by atoms with Crippen molar-refractivity contribution in [2.24, 2.45) is 0 Å². The largest absolute Gasteiger partial charge is 0.309 e. The Morgan fingerprint density at radius 1 is 0.524 bits per heavy atom. The number of hydrogen-bond donors (Lipinski definition) is 0. The first kappa shape index (κ1) is 10.0. The van der Waals surface area contributed by atoms with E-state index in [0.717, 1.165) is 0 Å². The van der Waals surface area contributed by atoms with E-state index in [9.17, 15) is 0 Å². The van der Waals surface area contributed by atoms with Gasteiger partial charge in [0.25, 0.3) is 0 Å². The minimum Gasteiger partial charge on any atom is -0.309 e. The normalized spacial score (nSPS) is 12.8. The number of benzene rings is 2. The van der Waals surface area contributed by atoms with Crippen LogP contribution in [0.3, 0.4) is 0 Å². The van der Waals surface area contributed by atoms with Crippen molar-refractivity contribution in [2.45, 2.75) is 0 Å². The molecule has 0 saturated heterocycles. The molecule has 96 valence electrons. The van der Waals surface area contributed by atoms with E-state index < -0.39 is 0 Å². The van der Waals surface area contributed by atoms with E-state index in [1.165, 1.54) is 48.9 Å². The van der Waals surface area contributed by atoms with Gasteiger partial charge < -0.3 is 4.40 Å². The van der Waals surface area contributed by atoms with Crippen molar-refractivity contribution in [1.29, 1.82) is 0 Å². The third kappa shape index (κ3) is 0.964. The van der Waals surface area contributed by atoms with Crippen LogP contribution in [0.5, 0.6) is 0 Å². The first-order valence-electron chi connectivity index (χ1n) is 7.31. The topological polar surface area (TPSA) is 4.41 Å². The summed E-state index contributed by atoms with van der Waals surface area (Å²) < 4.78 is 2.39. The summed E-state index contributed by atoms with van der Waals surface area (Å²) in [6.07, 6.45) is 0. The summed E-state index contributed by atoms with van der Waals surface area (Å²) in [6, 6.07) is 24.3. The van der Waals surface area contributed by atoms with Gasteiger partial charge in [-0.05, 0) is 45.8 Å². The van der Waals surface area contributed by atoms with Gasteiger partial charge in [0.1, 0.15) is 0 Å². The van der Waals surface area contributed by atoms with E-state index in [2.05, 4.69) is 71.1 Å². The Labute approximate surface area is 120 Å². The maximum Gasteiger partial charge on any atom is 0.0548 e. The van der Waals surface area contributed by atoms with Crippen LogP contribution < -0.4 is 0 Å². The number of fused-ring (bicyclic) bond motifs is 5. The molecule has 3 heterocycles. The molecular weight excluding hydrogens is 254 g/mol. The molecule has 0 fully saturated rings. The van der Waals surface area contributed by atoms with Gasteiger partial charge in [-0.3, -0.25) is 0 Å². The van der Waals surface area contributed by atoms with Gasteiger partial charge in [0.2, 0.25) is 0 Å². The summed E-state index contributed by atoms with van der Waals surface area (Å²) in [7, 11) is 0. The molecule has 0 atom stereocenters. The van der Waals surface area contributed by atoms with Crippen molar-refractivity contribution in [3.63, 3.8) is 0 Å². The van der Waals surface area contributed by atoms with Crippen LogP contribution in [-0.4, -0.2) is 4.40 Å². The Balaban J connectivity index is 2.16. The number of nitrogens with zero attached hydrogens (tertiary/aromatic N) is 1. The van der Waals surface area contributed by atoms with Gasteiger partial charge in [0, 0.05) is 16.3 Å². The van der Waals surface area contributed by atoms with Crippen LogP contribution in [0.25, 0.3) is 48.9 Å². The summed E-state index contributed by atoms with van der Waals surface area (Å²) in [5.41, 5.74) is 3.94. The maximum atomic E-state index is 2.39. The molecule has 0 amide bonds. The van der Waals surface area contributed by atoms with E-state index >= 15 is 0 Å². The quantitative estimate of drug-likeness (QED) is 0.345. The van der Waals surface area contributed by atoms with Crippen molar-refractivity contribution in [1.82, 2.24) is 4.40 Å². The van der Waals surface area contributed by atoms with Gasteiger partial charge >= 0.3 is 0 Å². The van der Waals surface area contributed by atoms with E-state index in [4.69, 9.17) is 0 Å². The third-order valence-corrected chi connectivity index (χ3v) is 4.88. The molecule has 21 heavy (non-hydrogen) atoms. The molecule has 0 aliphatic rings. The summed E-state index contributed by atoms with van der Waals surface area (Å²) in [6.45, 7) is 0. The van der Waals surface area contributed by atoms with Crippen molar-refractivity contribution in [3.05, 3.63) is 66.7 Å². The Kier molecular flexibility index (Phi) is 1.47. The minimum atomic E-state index is 1.28. The van der Waals surface area contributed by atoms with E-state index in [0.29, 0.717) is 0 Å². The molecule has 0 aliphatic heterocycles. The molecule has 0 N–H and O–H groups in total. The standard InChI is InChI=1S/C20H11N/c1-4-12-5-2-8-15-18(12)14(7-1)19-16-9-3-6-13-10-11-17(20(15)19)21(13)16/h1-11H. The predicted molar refractivity (Wildman–Crippen MR) is 89.8 cm³/mol. The Morgan fingerprint density at radius 2 is 1.19 bits per heavy atom. The van der Waals surface area contributed by atoms with Gasteiger partial charge in [0.05, 0.1) is 11.0 Å². The highest BCUT2D eigenvalue weighted by Crippen LogP contribution is 2.44. The smallest absolute Gasteiger partial charge is 0.0548 e. The van der Waals surface area contributed by atoms with E-state index in [1.54, 1.807) is 0 Å². The molecule has 0 spiro atoms. The van der Waals surface area contributed by atoms with Crippen LogP contribution >= 0.6 is 0 Å². The number of pyridine rings is 1. The maximum absolute atomic E-state index is 2.39. The van der Waals surface area contributed by atoms with Crippen molar-refractivity contribution in [3.8, 4) is 0 Å². The van der Waals surface area contributed by atoms with Crippen molar-refractivity contribution in [2.75, 3.05) is 0 Å². The van der Waals surface area contributed by atoms with E-state index in [1.807, 2.05) is 0 Å². The second-order valence-corrected chi connectivity index (χ2v) is 5.85. The zero-order chi connectivity index (χ0) is 13.6. The fraction of sp³-hybridized carbons (Fsp3) is 0. The van der Waals surface area contributed by atoms with Gasteiger partial charge in [0.15, 0.2) is 0 Å². The Bertz CT molecular complexity index is 1230. The average Bonchev–Trinajstić information content (AvgIpc) is 3.17. The number of hydrogen-bond acceptors (Lipinski definition) is 0. The molecule has 1 heteroatoms. The van der Waals surface area contributed by atoms with Crippen LogP contribution in [0.15, 0.2) is 66.7 Å². The Morgan fingerprint density at radius 3 is 1.95 bits per heavy atom. The SMILES string of the molecule is c1cc2cccc3c2c(c1)c1c3c2ccc3cccc1n32. The van der Waals surface area contributed by atoms with Gasteiger partial charge in [-0.2, -0.15) is 0 Å². The predicted octanol–water partition coefficient (Wildman–Crippen LogP) is 5.43. The number of rotatable bonds is 0. The first-order chi connectivity index (χ1) is 10.4. The first-order valence-corrected chi connectivity index (χ1v) is 7.31. The lowest BCUT2D eigenvalue weighted by molar-refractivity contribution is 1.36. The monoisotopic (exact) mass is 265 g/mol. The molecule has 0 saturated carbocycles. The summed E-state index contributed by atoms with van der Waals surface area (Å²) in [4.78, 5) is 0. The molecule has 0 radical (unpaired) electrons. The van der Waals surface area contributed by atoms with Gasteiger partial charge in [-0.25, -0.2) is 0 Å². The molecule has 0 aliphatic carbocycles. The second kappa shape index (κ2) is 3.09. The average molecular weight is 265 g/mol. The lowest BCUT2D eigenvalue weighted by Gasteiger charge is -2.00. The highest BCUT2D eigenvalue weighted by atomic mass is 14.9. The molecule has 6 rings (SSSR count).